The molecular formula is C13H18N2O4. The number of esters is 1. The Morgan fingerprint density at radius 3 is 2.74 bits per heavy atom. The van der Waals surface area contributed by atoms with E-state index in [0.717, 1.165) is 6.42 Å². The van der Waals surface area contributed by atoms with Crippen molar-refractivity contribution in [3.63, 3.8) is 0 Å². The molecular weight excluding hydrogens is 248 g/mol. The Bertz CT molecular complexity index is 462. The quantitative estimate of drug-likeness (QED) is 0.787. The van der Waals surface area contributed by atoms with Crippen LogP contribution in [0.1, 0.15) is 30.6 Å². The van der Waals surface area contributed by atoms with Crippen LogP contribution in [-0.4, -0.2) is 41.7 Å². The molecule has 1 unspecified atom stereocenters. The van der Waals surface area contributed by atoms with E-state index in [1.165, 1.54) is 13.3 Å². The summed E-state index contributed by atoms with van der Waals surface area (Å²) >= 11 is 0. The van der Waals surface area contributed by atoms with Crippen LogP contribution in [0.2, 0.25) is 0 Å². The van der Waals surface area contributed by atoms with Crippen LogP contribution in [-0.2, 0) is 9.53 Å². The highest BCUT2D eigenvalue weighted by molar-refractivity contribution is 5.95. The molecule has 104 valence electrons. The monoisotopic (exact) mass is 266 g/mol. The lowest BCUT2D eigenvalue weighted by Gasteiger charge is -2.29. The molecule has 0 saturated heterocycles. The van der Waals surface area contributed by atoms with Gasteiger partial charge in [-0.1, -0.05) is 6.92 Å². The summed E-state index contributed by atoms with van der Waals surface area (Å²) < 4.78 is 4.69. The Morgan fingerprint density at radius 2 is 2.21 bits per heavy atom. The van der Waals surface area contributed by atoms with Crippen molar-refractivity contribution in [1.82, 2.24) is 4.98 Å². The molecule has 0 aliphatic carbocycles. The first kappa shape index (κ1) is 14.9. The van der Waals surface area contributed by atoms with Gasteiger partial charge in [0.25, 0.3) is 0 Å². The number of pyridine rings is 1. The van der Waals surface area contributed by atoms with Gasteiger partial charge in [-0.3, -0.25) is 4.79 Å². The molecule has 0 aliphatic heterocycles. The first-order valence-corrected chi connectivity index (χ1v) is 6.03. The Labute approximate surface area is 112 Å². The minimum absolute atomic E-state index is 0.0468. The highest BCUT2D eigenvalue weighted by Gasteiger charge is 2.23. The first-order valence-electron chi connectivity index (χ1n) is 6.03. The maximum Gasteiger partial charge on any atom is 0.341 e. The van der Waals surface area contributed by atoms with E-state index in [9.17, 15) is 9.59 Å². The normalized spacial score (nSPS) is 11.7. The van der Waals surface area contributed by atoms with E-state index in [4.69, 9.17) is 9.84 Å². The van der Waals surface area contributed by atoms with Crippen LogP contribution in [0.25, 0.3) is 0 Å². The maximum atomic E-state index is 11.7. The van der Waals surface area contributed by atoms with Crippen LogP contribution in [0.5, 0.6) is 0 Å². The molecule has 0 fully saturated rings. The molecule has 6 nitrogen and oxygen atoms in total. The van der Waals surface area contributed by atoms with Gasteiger partial charge >= 0.3 is 11.9 Å². The van der Waals surface area contributed by atoms with Gasteiger partial charge in [-0.05, 0) is 25.5 Å². The molecule has 1 rings (SSSR count). The van der Waals surface area contributed by atoms with E-state index < -0.39 is 11.9 Å². The lowest BCUT2D eigenvalue weighted by molar-refractivity contribution is -0.135. The molecule has 0 amide bonds. The minimum Gasteiger partial charge on any atom is -0.480 e. The fraction of sp³-hybridized carbons (Fsp3) is 0.462. The lowest BCUT2D eigenvalue weighted by atomic mass is 10.1. The summed E-state index contributed by atoms with van der Waals surface area (Å²) in [6.07, 6.45) is 2.27. The number of carbonyl (C=O) groups excluding carboxylic acids is 1. The van der Waals surface area contributed by atoms with Crippen LogP contribution >= 0.6 is 0 Å². The van der Waals surface area contributed by atoms with Gasteiger partial charge in [-0.15, -0.1) is 0 Å². The highest BCUT2D eigenvalue weighted by atomic mass is 16.5. The van der Waals surface area contributed by atoms with Crippen molar-refractivity contribution in [2.75, 3.05) is 18.6 Å². The fourth-order valence-electron chi connectivity index (χ4n) is 1.70. The van der Waals surface area contributed by atoms with Crippen LogP contribution in [0.3, 0.4) is 0 Å². The minimum atomic E-state index is -0.971. The average Bonchev–Trinajstić information content (AvgIpc) is 2.43. The number of hydrogen-bond acceptors (Lipinski definition) is 5. The highest BCUT2D eigenvalue weighted by Crippen LogP contribution is 2.21. The summed E-state index contributed by atoms with van der Waals surface area (Å²) in [5, 5.41) is 8.99. The third-order valence-electron chi connectivity index (χ3n) is 2.89. The van der Waals surface area contributed by atoms with E-state index in [1.807, 2.05) is 13.8 Å². The molecule has 1 heterocycles. The second kappa shape index (κ2) is 6.72. The van der Waals surface area contributed by atoms with Gasteiger partial charge in [-0.2, -0.15) is 0 Å². The third kappa shape index (κ3) is 3.67. The van der Waals surface area contributed by atoms with E-state index in [0.29, 0.717) is 5.82 Å². The molecule has 1 aromatic rings. The number of aliphatic carboxylic acids is 1. The van der Waals surface area contributed by atoms with Gasteiger partial charge in [0.15, 0.2) is 0 Å². The van der Waals surface area contributed by atoms with E-state index in [-0.39, 0.29) is 18.2 Å². The summed E-state index contributed by atoms with van der Waals surface area (Å²) in [6, 6.07) is 3.14. The summed E-state index contributed by atoms with van der Waals surface area (Å²) in [4.78, 5) is 28.4. The van der Waals surface area contributed by atoms with Crippen molar-refractivity contribution in [2.24, 2.45) is 0 Å². The number of methoxy groups -OCH3 is 1. The smallest absolute Gasteiger partial charge is 0.341 e. The predicted octanol–water partition coefficient (Wildman–Crippen LogP) is 1.56. The zero-order valence-corrected chi connectivity index (χ0v) is 11.3. The largest absolute Gasteiger partial charge is 0.480 e. The number of rotatable bonds is 6. The van der Waals surface area contributed by atoms with Gasteiger partial charge < -0.3 is 14.7 Å². The van der Waals surface area contributed by atoms with Gasteiger partial charge in [0, 0.05) is 12.2 Å². The molecule has 0 radical (unpaired) electrons. The van der Waals surface area contributed by atoms with Gasteiger partial charge in [0.2, 0.25) is 0 Å². The Morgan fingerprint density at radius 1 is 1.53 bits per heavy atom. The van der Waals surface area contributed by atoms with Gasteiger partial charge in [0.1, 0.15) is 17.9 Å². The maximum absolute atomic E-state index is 11.7. The van der Waals surface area contributed by atoms with Crippen LogP contribution in [0.4, 0.5) is 5.82 Å². The van der Waals surface area contributed by atoms with Gasteiger partial charge in [-0.25, -0.2) is 9.78 Å². The molecule has 0 bridgehead atoms. The second-order valence-corrected chi connectivity index (χ2v) is 4.15. The summed E-state index contributed by atoms with van der Waals surface area (Å²) in [5.74, 6) is -1.16. The van der Waals surface area contributed by atoms with Crippen molar-refractivity contribution >= 4 is 17.8 Å². The molecule has 1 N–H and O–H groups in total. The zero-order valence-electron chi connectivity index (χ0n) is 11.3. The number of nitrogens with zero attached hydrogens (tertiary/aromatic N) is 2. The topological polar surface area (TPSA) is 79.7 Å². The van der Waals surface area contributed by atoms with Crippen molar-refractivity contribution in [1.29, 1.82) is 0 Å². The number of aromatic nitrogens is 1. The Kier molecular flexibility index (Phi) is 5.29. The number of carbonyl (C=O) groups is 2. The Hall–Kier alpha value is -2.11. The molecule has 19 heavy (non-hydrogen) atoms. The van der Waals surface area contributed by atoms with Crippen LogP contribution < -0.4 is 4.90 Å². The SMILES string of the molecule is CCC(C)N(CC(=O)O)c1ncccc1C(=O)OC. The standard InChI is InChI=1S/C13H18N2O4/c1-4-9(2)15(8-11(16)17)12-10(13(18)19-3)6-5-7-14-12/h5-7,9H,4,8H2,1-3H3,(H,16,17). The first-order chi connectivity index (χ1) is 9.01. The van der Waals surface area contributed by atoms with Crippen molar-refractivity contribution in [2.45, 2.75) is 26.3 Å². The number of carboxylic acids is 1. The van der Waals surface area contributed by atoms with E-state index >= 15 is 0 Å². The molecule has 0 saturated carbocycles. The second-order valence-electron chi connectivity index (χ2n) is 4.15. The summed E-state index contributed by atoms with van der Waals surface area (Å²) in [6.45, 7) is 3.62. The zero-order chi connectivity index (χ0) is 14.4. The molecule has 6 heteroatoms. The third-order valence-corrected chi connectivity index (χ3v) is 2.89. The van der Waals surface area contributed by atoms with Gasteiger partial charge in [0.05, 0.1) is 7.11 Å². The van der Waals surface area contributed by atoms with Crippen LogP contribution in [0, 0.1) is 0 Å². The van der Waals surface area contributed by atoms with E-state index in [2.05, 4.69) is 4.98 Å². The van der Waals surface area contributed by atoms with E-state index in [1.54, 1.807) is 17.0 Å². The number of hydrogen-bond donors (Lipinski definition) is 1. The molecule has 1 atom stereocenters. The van der Waals surface area contributed by atoms with Crippen molar-refractivity contribution in [3.05, 3.63) is 23.9 Å². The average molecular weight is 266 g/mol. The number of carboxylic acid groups (broad SMARTS) is 1. The lowest BCUT2D eigenvalue weighted by Crippen LogP contribution is -2.38. The number of anilines is 1. The molecule has 0 aliphatic rings. The molecule has 0 spiro atoms. The predicted molar refractivity (Wildman–Crippen MR) is 70.3 cm³/mol. The Balaban J connectivity index is 3.21. The molecule has 0 aromatic carbocycles. The summed E-state index contributed by atoms with van der Waals surface area (Å²) in [7, 11) is 1.28. The summed E-state index contributed by atoms with van der Waals surface area (Å²) in [5.41, 5.74) is 0.270. The molecule has 1 aromatic heterocycles. The fourth-order valence-corrected chi connectivity index (χ4v) is 1.70. The number of ether oxygens (including phenoxy) is 1. The van der Waals surface area contributed by atoms with Crippen LogP contribution in [0.15, 0.2) is 18.3 Å². The van der Waals surface area contributed by atoms with Crippen molar-refractivity contribution in [3.8, 4) is 0 Å². The van der Waals surface area contributed by atoms with Crippen molar-refractivity contribution < 1.29 is 19.4 Å².